The Morgan fingerprint density at radius 1 is 1.20 bits per heavy atom. The van der Waals surface area contributed by atoms with Gasteiger partial charge in [-0.05, 0) is 36.9 Å². The minimum Gasteiger partial charge on any atom is -0.360 e. The average molecular weight is 352 g/mol. The number of hydrogen-bond acceptors (Lipinski definition) is 3. The molecule has 3 aromatic rings. The molecule has 0 spiro atoms. The second-order valence-electron chi connectivity index (χ2n) is 4.53. The summed E-state index contributed by atoms with van der Waals surface area (Å²) in [5, 5.41) is 5.90. The fourth-order valence-corrected chi connectivity index (χ4v) is 3.33. The van der Waals surface area contributed by atoms with Crippen LogP contribution in [0.25, 0.3) is 21.7 Å². The van der Waals surface area contributed by atoms with Crippen molar-refractivity contribution in [3.8, 4) is 21.7 Å². The molecule has 5 heteroatoms. The number of benzene rings is 1. The molecule has 0 fully saturated rings. The van der Waals surface area contributed by atoms with E-state index < -0.39 is 0 Å². The maximum atomic E-state index is 14.2. The molecule has 0 aliphatic heterocycles. The first-order chi connectivity index (χ1) is 9.58. The Kier molecular flexibility index (Phi) is 3.48. The molecule has 0 saturated carbocycles. The van der Waals surface area contributed by atoms with Crippen molar-refractivity contribution in [2.24, 2.45) is 0 Å². The molecule has 2 heterocycles. The fraction of sp³-hybridized carbons (Fsp3) is 0.133. The third-order valence-electron chi connectivity index (χ3n) is 3.11. The van der Waals surface area contributed by atoms with E-state index in [0.29, 0.717) is 21.9 Å². The molecule has 0 atom stereocenters. The summed E-state index contributed by atoms with van der Waals surface area (Å²) in [6, 6.07) is 7.73. The molecular weight excluding hydrogens is 341 g/mol. The molecule has 0 N–H and O–H groups in total. The van der Waals surface area contributed by atoms with Gasteiger partial charge in [0, 0.05) is 10.0 Å². The number of hydrogen-bond donors (Lipinski definition) is 0. The maximum Gasteiger partial charge on any atom is 0.144 e. The van der Waals surface area contributed by atoms with Crippen LogP contribution in [0, 0.1) is 19.7 Å². The quantitative estimate of drug-likeness (QED) is 0.601. The van der Waals surface area contributed by atoms with Gasteiger partial charge >= 0.3 is 0 Å². The second-order valence-corrected chi connectivity index (χ2v) is 6.33. The fourth-order valence-electron chi connectivity index (χ4n) is 2.04. The summed E-state index contributed by atoms with van der Waals surface area (Å²) in [7, 11) is 0. The highest BCUT2D eigenvalue weighted by Crippen LogP contribution is 2.39. The highest BCUT2D eigenvalue weighted by molar-refractivity contribution is 9.10. The molecule has 2 aromatic heterocycles. The number of thiophene rings is 1. The third kappa shape index (κ3) is 2.21. The summed E-state index contributed by atoms with van der Waals surface area (Å²) in [6.07, 6.45) is 0. The van der Waals surface area contributed by atoms with Crippen LogP contribution in [0.1, 0.15) is 11.3 Å². The van der Waals surface area contributed by atoms with Gasteiger partial charge in [-0.25, -0.2) is 4.39 Å². The van der Waals surface area contributed by atoms with Gasteiger partial charge in [0.1, 0.15) is 17.3 Å². The van der Waals surface area contributed by atoms with Crippen molar-refractivity contribution in [1.82, 2.24) is 5.16 Å². The first kappa shape index (κ1) is 13.5. The topological polar surface area (TPSA) is 26.0 Å². The lowest BCUT2D eigenvalue weighted by atomic mass is 10.0. The van der Waals surface area contributed by atoms with Crippen LogP contribution in [-0.4, -0.2) is 5.16 Å². The van der Waals surface area contributed by atoms with Gasteiger partial charge in [-0.15, -0.1) is 11.3 Å². The van der Waals surface area contributed by atoms with E-state index in [0.717, 1.165) is 15.6 Å². The number of aryl methyl sites for hydroxylation is 2. The minimum atomic E-state index is -0.195. The monoisotopic (exact) mass is 351 g/mol. The minimum absolute atomic E-state index is 0.195. The van der Waals surface area contributed by atoms with Gasteiger partial charge in [-0.2, -0.15) is 0 Å². The molecule has 0 unspecified atom stereocenters. The van der Waals surface area contributed by atoms with Gasteiger partial charge in [0.2, 0.25) is 0 Å². The highest BCUT2D eigenvalue weighted by atomic mass is 79.9. The van der Waals surface area contributed by atoms with Crippen molar-refractivity contribution < 1.29 is 8.91 Å². The number of rotatable bonds is 2. The van der Waals surface area contributed by atoms with Crippen molar-refractivity contribution in [2.75, 3.05) is 0 Å². The lowest BCUT2D eigenvalue weighted by molar-refractivity contribution is 0.400. The van der Waals surface area contributed by atoms with Crippen LogP contribution in [0.5, 0.6) is 0 Å². The Balaban J connectivity index is 2.20. The Bertz CT molecular complexity index is 761. The smallest absolute Gasteiger partial charge is 0.144 e. The van der Waals surface area contributed by atoms with E-state index in [1.807, 2.05) is 29.6 Å². The van der Waals surface area contributed by atoms with E-state index in [2.05, 4.69) is 21.1 Å². The van der Waals surface area contributed by atoms with Crippen molar-refractivity contribution in [1.29, 1.82) is 0 Å². The molecular formula is C15H11BrFNOS. The predicted octanol–water partition coefficient (Wildman–Crippen LogP) is 5.59. The van der Waals surface area contributed by atoms with Crippen LogP contribution < -0.4 is 0 Å². The van der Waals surface area contributed by atoms with E-state index in [-0.39, 0.29) is 5.82 Å². The molecule has 0 aliphatic carbocycles. The molecule has 2 nitrogen and oxygen atoms in total. The second kappa shape index (κ2) is 5.14. The first-order valence-corrected chi connectivity index (χ1v) is 7.71. The third-order valence-corrected chi connectivity index (χ3v) is 4.73. The zero-order chi connectivity index (χ0) is 14.3. The van der Waals surface area contributed by atoms with Crippen LogP contribution in [0.3, 0.4) is 0 Å². The normalized spacial score (nSPS) is 11.0. The molecule has 102 valence electrons. The van der Waals surface area contributed by atoms with Crippen LogP contribution in [-0.2, 0) is 0 Å². The Labute approximate surface area is 128 Å². The highest BCUT2D eigenvalue weighted by Gasteiger charge is 2.21. The van der Waals surface area contributed by atoms with Crippen molar-refractivity contribution in [3.63, 3.8) is 0 Å². The van der Waals surface area contributed by atoms with Gasteiger partial charge in [-0.3, -0.25) is 0 Å². The number of aromatic nitrogens is 1. The zero-order valence-corrected chi connectivity index (χ0v) is 13.3. The van der Waals surface area contributed by atoms with Crippen molar-refractivity contribution >= 4 is 27.3 Å². The molecule has 0 amide bonds. The lowest BCUT2D eigenvalue weighted by Gasteiger charge is -2.01. The van der Waals surface area contributed by atoms with Crippen LogP contribution in [0.15, 0.2) is 38.6 Å². The molecule has 1 aromatic carbocycles. The Morgan fingerprint density at radius 3 is 2.50 bits per heavy atom. The number of halogens is 2. The number of nitrogens with zero attached hydrogens (tertiary/aromatic N) is 1. The molecule has 0 radical (unpaired) electrons. The van der Waals surface area contributed by atoms with E-state index in [9.17, 15) is 4.39 Å². The predicted molar refractivity (Wildman–Crippen MR) is 82.4 cm³/mol. The van der Waals surface area contributed by atoms with Crippen LogP contribution in [0.4, 0.5) is 4.39 Å². The molecule has 0 saturated heterocycles. The van der Waals surface area contributed by atoms with Crippen LogP contribution in [0.2, 0.25) is 0 Å². The van der Waals surface area contributed by atoms with E-state index in [1.165, 1.54) is 11.3 Å². The summed E-state index contributed by atoms with van der Waals surface area (Å²) >= 11 is 4.78. The summed E-state index contributed by atoms with van der Waals surface area (Å²) in [5.41, 5.74) is 2.97. The first-order valence-electron chi connectivity index (χ1n) is 6.04. The Hall–Kier alpha value is -1.46. The maximum absolute atomic E-state index is 14.2. The van der Waals surface area contributed by atoms with Gasteiger partial charge in [0.15, 0.2) is 0 Å². The average Bonchev–Trinajstić information content (AvgIpc) is 2.96. The molecule has 0 bridgehead atoms. The van der Waals surface area contributed by atoms with E-state index >= 15 is 0 Å². The van der Waals surface area contributed by atoms with Crippen molar-refractivity contribution in [2.45, 2.75) is 13.8 Å². The summed E-state index contributed by atoms with van der Waals surface area (Å²) in [5.74, 6) is 0.434. The SMILES string of the molecule is Cc1csc(-c2c(-c3ccc(Br)cc3)noc2C)c1F. The lowest BCUT2D eigenvalue weighted by Crippen LogP contribution is -1.85. The van der Waals surface area contributed by atoms with Gasteiger partial charge < -0.3 is 4.52 Å². The molecule has 0 aliphatic rings. The summed E-state index contributed by atoms with van der Waals surface area (Å²) < 4.78 is 20.5. The summed E-state index contributed by atoms with van der Waals surface area (Å²) in [6.45, 7) is 3.57. The van der Waals surface area contributed by atoms with E-state index in [4.69, 9.17) is 4.52 Å². The standard InChI is InChI=1S/C15H11BrFNOS/c1-8-7-20-15(13(8)17)12-9(2)19-18-14(12)10-3-5-11(16)6-4-10/h3-7H,1-2H3. The van der Waals surface area contributed by atoms with E-state index in [1.54, 1.807) is 13.8 Å². The van der Waals surface area contributed by atoms with Crippen molar-refractivity contribution in [3.05, 3.63) is 51.3 Å². The van der Waals surface area contributed by atoms with Crippen LogP contribution >= 0.6 is 27.3 Å². The van der Waals surface area contributed by atoms with Gasteiger partial charge in [-0.1, -0.05) is 33.2 Å². The largest absolute Gasteiger partial charge is 0.360 e. The van der Waals surface area contributed by atoms with Gasteiger partial charge in [0.25, 0.3) is 0 Å². The zero-order valence-electron chi connectivity index (χ0n) is 10.9. The summed E-state index contributed by atoms with van der Waals surface area (Å²) in [4.78, 5) is 0.583. The van der Waals surface area contributed by atoms with Gasteiger partial charge in [0.05, 0.1) is 10.4 Å². The molecule has 3 rings (SSSR count). The molecule has 20 heavy (non-hydrogen) atoms. The Morgan fingerprint density at radius 2 is 1.90 bits per heavy atom.